The van der Waals surface area contributed by atoms with Crippen LogP contribution in [0.15, 0.2) is 54.6 Å². The first-order valence-corrected chi connectivity index (χ1v) is 11.9. The Labute approximate surface area is 197 Å². The van der Waals surface area contributed by atoms with Crippen molar-refractivity contribution in [2.45, 2.75) is 37.6 Å². The van der Waals surface area contributed by atoms with Crippen LogP contribution in [0.4, 0.5) is 0 Å². The summed E-state index contributed by atoms with van der Waals surface area (Å²) in [6.45, 7) is 2.91. The van der Waals surface area contributed by atoms with Crippen molar-refractivity contribution in [1.29, 1.82) is 0 Å². The maximum absolute atomic E-state index is 12.6. The fraction of sp³-hybridized carbons (Fsp3) is 0.481. The van der Waals surface area contributed by atoms with Crippen molar-refractivity contribution in [1.82, 2.24) is 15.1 Å². The molecule has 6 heteroatoms. The van der Waals surface area contributed by atoms with Gasteiger partial charge in [-0.2, -0.15) is 0 Å². The first-order chi connectivity index (χ1) is 15.8. The van der Waals surface area contributed by atoms with Crippen molar-refractivity contribution in [3.05, 3.63) is 71.3 Å². The largest absolute Gasteiger partial charge is 0.366 e. The number of primary amides is 1. The second kappa shape index (κ2) is 10.1. The normalized spacial score (nSPS) is 21.7. The van der Waals surface area contributed by atoms with Crippen LogP contribution in [0.5, 0.6) is 0 Å². The molecule has 0 bridgehead atoms. The number of piperidine rings is 1. The van der Waals surface area contributed by atoms with Crippen LogP contribution in [0.3, 0.4) is 0 Å². The number of hydrogen-bond acceptors (Lipinski definition) is 4. The van der Waals surface area contributed by atoms with Gasteiger partial charge in [0.05, 0.1) is 6.54 Å². The average Bonchev–Trinajstić information content (AvgIpc) is 3.58. The van der Waals surface area contributed by atoms with Crippen LogP contribution < -0.4 is 11.1 Å². The summed E-state index contributed by atoms with van der Waals surface area (Å²) in [5, 5.41) is 3.85. The van der Waals surface area contributed by atoms with Crippen LogP contribution in [-0.2, 0) is 11.2 Å². The molecule has 2 fully saturated rings. The molecule has 1 saturated heterocycles. The van der Waals surface area contributed by atoms with Gasteiger partial charge in [-0.05, 0) is 68.5 Å². The maximum atomic E-state index is 12.6. The summed E-state index contributed by atoms with van der Waals surface area (Å²) >= 11 is 0. The predicted octanol–water partition coefficient (Wildman–Crippen LogP) is 2.64. The molecule has 1 aliphatic carbocycles. The monoisotopic (exact) mass is 448 g/mol. The van der Waals surface area contributed by atoms with Gasteiger partial charge in [0.1, 0.15) is 0 Å². The van der Waals surface area contributed by atoms with Crippen LogP contribution in [0.25, 0.3) is 0 Å². The van der Waals surface area contributed by atoms with E-state index in [1.807, 2.05) is 36.0 Å². The summed E-state index contributed by atoms with van der Waals surface area (Å²) in [7, 11) is 3.86. The molecule has 0 aromatic heterocycles. The number of carbonyl (C=O) groups excluding carboxylic acids is 2. The summed E-state index contributed by atoms with van der Waals surface area (Å²) in [5.41, 5.74) is 8.67. The van der Waals surface area contributed by atoms with Crippen molar-refractivity contribution in [3.8, 4) is 0 Å². The van der Waals surface area contributed by atoms with E-state index in [2.05, 4.69) is 41.7 Å². The molecule has 1 aliphatic heterocycles. The standard InChI is InChI=1S/C27H36N4O2/c1-30(2)18-25(32)31-13-11-27(12-14-31,17-20-7-6-10-22(15-20)26(28)33)19-29-24-16-23(24)21-8-4-3-5-9-21/h3-10,15,23-24,29H,11-14,16-19H2,1-2H3,(H2,28,33). The molecule has 2 unspecified atom stereocenters. The van der Waals surface area contributed by atoms with E-state index in [1.165, 1.54) is 12.0 Å². The second-order valence-electron chi connectivity index (χ2n) is 10.1. The number of rotatable bonds is 9. The topological polar surface area (TPSA) is 78.7 Å². The van der Waals surface area contributed by atoms with Gasteiger partial charge in [-0.1, -0.05) is 42.5 Å². The predicted molar refractivity (Wildman–Crippen MR) is 131 cm³/mol. The minimum Gasteiger partial charge on any atom is -0.366 e. The van der Waals surface area contributed by atoms with Crippen LogP contribution in [0.1, 0.15) is 46.7 Å². The average molecular weight is 449 g/mol. The van der Waals surface area contributed by atoms with Gasteiger partial charge >= 0.3 is 0 Å². The number of hydrogen-bond donors (Lipinski definition) is 2. The summed E-state index contributed by atoms with van der Waals surface area (Å²) in [5.74, 6) is 0.392. The van der Waals surface area contributed by atoms with Crippen molar-refractivity contribution >= 4 is 11.8 Å². The van der Waals surface area contributed by atoms with Gasteiger partial charge in [-0.15, -0.1) is 0 Å². The van der Waals surface area contributed by atoms with Gasteiger partial charge < -0.3 is 20.9 Å². The highest BCUT2D eigenvalue weighted by molar-refractivity contribution is 5.92. The zero-order valence-electron chi connectivity index (χ0n) is 19.8. The number of nitrogens with one attached hydrogen (secondary N) is 1. The van der Waals surface area contributed by atoms with Gasteiger partial charge in [0, 0.05) is 37.2 Å². The molecule has 0 spiro atoms. The third kappa shape index (κ3) is 6.01. The first kappa shape index (κ1) is 23.5. The highest BCUT2D eigenvalue weighted by Crippen LogP contribution is 2.42. The molecule has 2 atom stereocenters. The number of benzene rings is 2. The number of carbonyl (C=O) groups is 2. The van der Waals surface area contributed by atoms with E-state index in [0.29, 0.717) is 24.1 Å². The van der Waals surface area contributed by atoms with Crippen molar-refractivity contribution in [2.24, 2.45) is 11.1 Å². The van der Waals surface area contributed by atoms with Gasteiger partial charge in [0.25, 0.3) is 0 Å². The Morgan fingerprint density at radius 3 is 2.48 bits per heavy atom. The second-order valence-corrected chi connectivity index (χ2v) is 10.1. The highest BCUT2D eigenvalue weighted by Gasteiger charge is 2.41. The van der Waals surface area contributed by atoms with E-state index in [0.717, 1.165) is 44.5 Å². The molecule has 33 heavy (non-hydrogen) atoms. The summed E-state index contributed by atoms with van der Waals surface area (Å²) in [6, 6.07) is 18.9. The van der Waals surface area contributed by atoms with Gasteiger partial charge in [0.2, 0.25) is 11.8 Å². The molecule has 3 N–H and O–H groups in total. The summed E-state index contributed by atoms with van der Waals surface area (Å²) in [6.07, 6.45) is 3.94. The molecule has 176 valence electrons. The smallest absolute Gasteiger partial charge is 0.248 e. The van der Waals surface area contributed by atoms with E-state index in [9.17, 15) is 9.59 Å². The lowest BCUT2D eigenvalue weighted by atomic mass is 9.73. The molecule has 2 amide bonds. The summed E-state index contributed by atoms with van der Waals surface area (Å²) < 4.78 is 0. The lowest BCUT2D eigenvalue weighted by Crippen LogP contribution is -2.50. The fourth-order valence-corrected chi connectivity index (χ4v) is 5.12. The minimum atomic E-state index is -0.392. The number of likely N-dealkylation sites (tertiary alicyclic amines) is 1. The Balaban J connectivity index is 1.44. The number of amides is 2. The fourth-order valence-electron chi connectivity index (χ4n) is 5.12. The maximum Gasteiger partial charge on any atom is 0.248 e. The van der Waals surface area contributed by atoms with E-state index in [1.54, 1.807) is 6.07 Å². The SMILES string of the molecule is CN(C)CC(=O)N1CCC(CNC2CC2c2ccccc2)(Cc2cccc(C(N)=O)c2)CC1. The van der Waals surface area contributed by atoms with Crippen LogP contribution >= 0.6 is 0 Å². The van der Waals surface area contributed by atoms with Gasteiger partial charge in [0.15, 0.2) is 0 Å². The molecule has 6 nitrogen and oxygen atoms in total. The number of nitrogens with zero attached hydrogens (tertiary/aromatic N) is 2. The quantitative estimate of drug-likeness (QED) is 0.618. The van der Waals surface area contributed by atoms with Crippen LogP contribution in [0.2, 0.25) is 0 Å². The Morgan fingerprint density at radius 1 is 1.09 bits per heavy atom. The zero-order valence-corrected chi connectivity index (χ0v) is 19.8. The molecular formula is C27H36N4O2. The highest BCUT2D eigenvalue weighted by atomic mass is 16.2. The third-order valence-electron chi connectivity index (χ3n) is 7.18. The van der Waals surface area contributed by atoms with Gasteiger partial charge in [-0.25, -0.2) is 0 Å². The molecule has 1 saturated carbocycles. The van der Waals surface area contributed by atoms with E-state index >= 15 is 0 Å². The molecule has 2 aliphatic rings. The van der Waals surface area contributed by atoms with Crippen LogP contribution in [0, 0.1) is 5.41 Å². The molecule has 0 radical (unpaired) electrons. The first-order valence-electron chi connectivity index (χ1n) is 11.9. The van der Waals surface area contributed by atoms with Crippen LogP contribution in [-0.4, -0.2) is 67.9 Å². The van der Waals surface area contributed by atoms with Crippen molar-refractivity contribution in [3.63, 3.8) is 0 Å². The number of likely N-dealkylation sites (N-methyl/N-ethyl adjacent to an activating group) is 1. The Hall–Kier alpha value is -2.70. The van der Waals surface area contributed by atoms with Crippen molar-refractivity contribution in [2.75, 3.05) is 40.3 Å². The molecule has 4 rings (SSSR count). The minimum absolute atomic E-state index is 0.0506. The number of nitrogens with two attached hydrogens (primary N) is 1. The molecule has 2 aromatic rings. The third-order valence-corrected chi connectivity index (χ3v) is 7.18. The van der Waals surface area contributed by atoms with Crippen molar-refractivity contribution < 1.29 is 9.59 Å². The Kier molecular flexibility index (Phi) is 7.15. The molecular weight excluding hydrogens is 412 g/mol. The summed E-state index contributed by atoms with van der Waals surface area (Å²) in [4.78, 5) is 28.2. The van der Waals surface area contributed by atoms with Gasteiger partial charge in [-0.3, -0.25) is 9.59 Å². The van der Waals surface area contributed by atoms with E-state index < -0.39 is 5.91 Å². The Morgan fingerprint density at radius 2 is 1.82 bits per heavy atom. The lowest BCUT2D eigenvalue weighted by molar-refractivity contribution is -0.134. The molecule has 1 heterocycles. The Bertz CT molecular complexity index is 967. The lowest BCUT2D eigenvalue weighted by Gasteiger charge is -2.43. The van der Waals surface area contributed by atoms with E-state index in [-0.39, 0.29) is 11.3 Å². The van der Waals surface area contributed by atoms with E-state index in [4.69, 9.17) is 5.73 Å². The zero-order chi connectivity index (χ0) is 23.4. The molecule has 2 aromatic carbocycles.